The van der Waals surface area contributed by atoms with Gasteiger partial charge in [-0.1, -0.05) is 52.3 Å². The standard InChI is InChI=1S/C15H12BrN3S/c1-10-7-8-12(16)9-13(10)19-14(17-18-15(19)20)11-5-3-2-4-6-11/h2-9H,1H3,(H,18,20). The normalized spacial score (nSPS) is 10.7. The molecule has 0 aliphatic heterocycles. The predicted molar refractivity (Wildman–Crippen MR) is 86.6 cm³/mol. The predicted octanol–water partition coefficient (Wildman–Crippen LogP) is 4.67. The SMILES string of the molecule is Cc1ccc(Br)cc1-n1c(-c2ccccc2)n[nH]c1=S. The molecule has 100 valence electrons. The Labute approximate surface area is 130 Å². The van der Waals surface area contributed by atoms with Crippen LogP contribution < -0.4 is 0 Å². The van der Waals surface area contributed by atoms with Crippen LogP contribution in [0.25, 0.3) is 17.1 Å². The summed E-state index contributed by atoms with van der Waals surface area (Å²) >= 11 is 8.90. The summed E-state index contributed by atoms with van der Waals surface area (Å²) in [6.07, 6.45) is 0. The highest BCUT2D eigenvalue weighted by molar-refractivity contribution is 9.10. The van der Waals surface area contributed by atoms with Crippen LogP contribution in [0, 0.1) is 11.7 Å². The van der Waals surface area contributed by atoms with Gasteiger partial charge in [-0.15, -0.1) is 0 Å². The van der Waals surface area contributed by atoms with Gasteiger partial charge in [-0.25, -0.2) is 0 Å². The zero-order valence-electron chi connectivity index (χ0n) is 10.8. The zero-order valence-corrected chi connectivity index (χ0v) is 13.2. The number of aromatic nitrogens is 3. The number of benzene rings is 2. The molecule has 1 N–H and O–H groups in total. The van der Waals surface area contributed by atoms with Crippen LogP contribution in [0.4, 0.5) is 0 Å². The summed E-state index contributed by atoms with van der Waals surface area (Å²) in [5.41, 5.74) is 3.19. The van der Waals surface area contributed by atoms with Crippen molar-refractivity contribution in [3.8, 4) is 17.1 Å². The van der Waals surface area contributed by atoms with Gasteiger partial charge in [0.15, 0.2) is 10.6 Å². The molecule has 0 aliphatic carbocycles. The highest BCUT2D eigenvalue weighted by Crippen LogP contribution is 2.25. The Morgan fingerprint density at radius 1 is 1.15 bits per heavy atom. The third-order valence-electron chi connectivity index (χ3n) is 3.12. The third kappa shape index (κ3) is 2.34. The molecule has 0 radical (unpaired) electrons. The van der Waals surface area contributed by atoms with Crippen molar-refractivity contribution < 1.29 is 0 Å². The maximum absolute atomic E-state index is 5.39. The first-order chi connectivity index (χ1) is 9.66. The highest BCUT2D eigenvalue weighted by Gasteiger charge is 2.12. The quantitative estimate of drug-likeness (QED) is 0.684. The van der Waals surface area contributed by atoms with E-state index in [1.54, 1.807) is 0 Å². The Morgan fingerprint density at radius 3 is 2.65 bits per heavy atom. The molecule has 3 nitrogen and oxygen atoms in total. The average molecular weight is 346 g/mol. The number of nitrogens with zero attached hydrogens (tertiary/aromatic N) is 2. The second kappa shape index (κ2) is 5.34. The molecule has 0 saturated heterocycles. The summed E-state index contributed by atoms with van der Waals surface area (Å²) in [5.74, 6) is 0.816. The van der Waals surface area contributed by atoms with Crippen molar-refractivity contribution >= 4 is 28.1 Å². The second-order valence-corrected chi connectivity index (χ2v) is 5.79. The molecule has 0 spiro atoms. The molecule has 0 saturated carbocycles. The Morgan fingerprint density at radius 2 is 1.90 bits per heavy atom. The number of nitrogens with one attached hydrogen (secondary N) is 1. The van der Waals surface area contributed by atoms with Crippen molar-refractivity contribution in [3.63, 3.8) is 0 Å². The van der Waals surface area contributed by atoms with Gasteiger partial charge in [0.1, 0.15) is 0 Å². The molecule has 0 unspecified atom stereocenters. The molecule has 0 bridgehead atoms. The van der Waals surface area contributed by atoms with Crippen LogP contribution in [0.3, 0.4) is 0 Å². The van der Waals surface area contributed by atoms with Crippen molar-refractivity contribution in [1.29, 1.82) is 0 Å². The summed E-state index contributed by atoms with van der Waals surface area (Å²) < 4.78 is 3.57. The lowest BCUT2D eigenvalue weighted by Gasteiger charge is -2.10. The van der Waals surface area contributed by atoms with Crippen molar-refractivity contribution in [2.24, 2.45) is 0 Å². The molecule has 0 atom stereocenters. The molecule has 3 aromatic rings. The van der Waals surface area contributed by atoms with Gasteiger partial charge in [-0.05, 0) is 36.8 Å². The van der Waals surface area contributed by atoms with Gasteiger partial charge in [-0.2, -0.15) is 5.10 Å². The second-order valence-electron chi connectivity index (χ2n) is 4.48. The van der Waals surface area contributed by atoms with Gasteiger partial charge in [0.25, 0.3) is 0 Å². The summed E-state index contributed by atoms with van der Waals surface area (Å²) in [5, 5.41) is 7.24. The maximum atomic E-state index is 5.39. The summed E-state index contributed by atoms with van der Waals surface area (Å²) in [6.45, 7) is 2.06. The maximum Gasteiger partial charge on any atom is 0.200 e. The smallest absolute Gasteiger partial charge is 0.200 e. The van der Waals surface area contributed by atoms with E-state index < -0.39 is 0 Å². The minimum atomic E-state index is 0.588. The highest BCUT2D eigenvalue weighted by atomic mass is 79.9. The molecule has 0 amide bonds. The van der Waals surface area contributed by atoms with Gasteiger partial charge in [-0.3, -0.25) is 9.67 Å². The summed E-state index contributed by atoms with van der Waals surface area (Å²) in [7, 11) is 0. The number of hydrogen-bond acceptors (Lipinski definition) is 2. The van der Waals surface area contributed by atoms with Crippen molar-refractivity contribution in [1.82, 2.24) is 14.8 Å². The lowest BCUT2D eigenvalue weighted by atomic mass is 10.1. The van der Waals surface area contributed by atoms with E-state index in [1.807, 2.05) is 47.0 Å². The molecule has 1 aromatic heterocycles. The fourth-order valence-electron chi connectivity index (χ4n) is 2.12. The Kier molecular flexibility index (Phi) is 3.54. The van der Waals surface area contributed by atoms with Crippen molar-refractivity contribution in [3.05, 3.63) is 63.3 Å². The fourth-order valence-corrected chi connectivity index (χ4v) is 2.70. The van der Waals surface area contributed by atoms with E-state index in [2.05, 4.69) is 39.1 Å². The third-order valence-corrected chi connectivity index (χ3v) is 3.88. The fraction of sp³-hybridized carbons (Fsp3) is 0.0667. The van der Waals surface area contributed by atoms with Crippen LogP contribution in [-0.4, -0.2) is 14.8 Å². The van der Waals surface area contributed by atoms with Crippen LogP contribution in [0.2, 0.25) is 0 Å². The number of H-pyrrole nitrogens is 1. The summed E-state index contributed by atoms with van der Waals surface area (Å²) in [6, 6.07) is 16.1. The van der Waals surface area contributed by atoms with Crippen molar-refractivity contribution in [2.75, 3.05) is 0 Å². The molecule has 20 heavy (non-hydrogen) atoms. The molecule has 5 heteroatoms. The lowest BCUT2D eigenvalue weighted by Crippen LogP contribution is -2.00. The van der Waals surface area contributed by atoms with E-state index in [1.165, 1.54) is 0 Å². The Bertz CT molecular complexity index is 805. The topological polar surface area (TPSA) is 33.6 Å². The van der Waals surface area contributed by atoms with Crippen LogP contribution >= 0.6 is 28.1 Å². The minimum absolute atomic E-state index is 0.588. The molecule has 1 heterocycles. The number of aryl methyl sites for hydroxylation is 1. The molecule has 0 fully saturated rings. The first-order valence-electron chi connectivity index (χ1n) is 6.16. The number of hydrogen-bond donors (Lipinski definition) is 1. The monoisotopic (exact) mass is 345 g/mol. The molecule has 2 aromatic carbocycles. The Balaban J connectivity index is 2.27. The van der Waals surface area contributed by atoms with Crippen LogP contribution in [0.15, 0.2) is 53.0 Å². The van der Waals surface area contributed by atoms with E-state index in [-0.39, 0.29) is 0 Å². The molecular formula is C15H12BrN3S. The van der Waals surface area contributed by atoms with Crippen molar-refractivity contribution in [2.45, 2.75) is 6.92 Å². The van der Waals surface area contributed by atoms with Gasteiger partial charge >= 0.3 is 0 Å². The van der Waals surface area contributed by atoms with E-state index in [9.17, 15) is 0 Å². The van der Waals surface area contributed by atoms with Gasteiger partial charge < -0.3 is 0 Å². The van der Waals surface area contributed by atoms with E-state index in [4.69, 9.17) is 12.2 Å². The molecular weight excluding hydrogens is 334 g/mol. The average Bonchev–Trinajstić information content (AvgIpc) is 2.84. The van der Waals surface area contributed by atoms with Gasteiger partial charge in [0.2, 0.25) is 0 Å². The number of aromatic amines is 1. The van der Waals surface area contributed by atoms with Gasteiger partial charge in [0, 0.05) is 10.0 Å². The lowest BCUT2D eigenvalue weighted by molar-refractivity contribution is 1.02. The summed E-state index contributed by atoms with van der Waals surface area (Å²) in [4.78, 5) is 0. The van der Waals surface area contributed by atoms with Gasteiger partial charge in [0.05, 0.1) is 5.69 Å². The number of rotatable bonds is 2. The molecule has 0 aliphatic rings. The molecule has 3 rings (SSSR count). The van der Waals surface area contributed by atoms with E-state index >= 15 is 0 Å². The first kappa shape index (κ1) is 13.3. The number of halogens is 1. The largest absolute Gasteiger partial charge is 0.268 e. The minimum Gasteiger partial charge on any atom is -0.268 e. The Hall–Kier alpha value is -1.72. The van der Waals surface area contributed by atoms with E-state index in [0.29, 0.717) is 4.77 Å². The van der Waals surface area contributed by atoms with Crippen LogP contribution in [-0.2, 0) is 0 Å². The van der Waals surface area contributed by atoms with Crippen LogP contribution in [0.1, 0.15) is 5.56 Å². The first-order valence-corrected chi connectivity index (χ1v) is 7.36. The van der Waals surface area contributed by atoms with E-state index in [0.717, 1.165) is 27.1 Å². The zero-order chi connectivity index (χ0) is 14.1. The van der Waals surface area contributed by atoms with Crippen LogP contribution in [0.5, 0.6) is 0 Å².